The molecule has 1 aromatic heterocycles. The Bertz CT molecular complexity index is 1490. The van der Waals surface area contributed by atoms with E-state index in [0.717, 1.165) is 34.0 Å². The number of ether oxygens (including phenoxy) is 1. The number of anilines is 4. The monoisotopic (exact) mass is 509 g/mol. The molecule has 1 aliphatic rings. The zero-order valence-corrected chi connectivity index (χ0v) is 20.6. The van der Waals surface area contributed by atoms with E-state index in [2.05, 4.69) is 25.1 Å². The van der Waals surface area contributed by atoms with Gasteiger partial charge in [0.25, 0.3) is 0 Å². The second-order valence-electron chi connectivity index (χ2n) is 8.28. The largest absolute Gasteiger partial charge is 0.378 e. The predicted molar refractivity (Wildman–Crippen MR) is 141 cm³/mol. The molecule has 2 heterocycles. The summed E-state index contributed by atoms with van der Waals surface area (Å²) in [5, 5.41) is 14.7. The molecule has 0 bridgehead atoms. The van der Waals surface area contributed by atoms with Crippen LogP contribution in [0.15, 0.2) is 66.7 Å². The van der Waals surface area contributed by atoms with Crippen LogP contribution in [0.3, 0.4) is 0 Å². The van der Waals surface area contributed by atoms with Crippen molar-refractivity contribution < 1.29 is 13.2 Å². The molecule has 1 fully saturated rings. The Morgan fingerprint density at radius 1 is 0.943 bits per heavy atom. The standard InChI is InChI=1S/C25H24ClN5O3S/c1-35(32,33)30-22-15-17(9-10-23(22)31-11-13-34-14-12-31)24-20-7-2-3-8-21(20)25(29-28-24)27-19-6-4-5-18(26)16-19/h2-10,15-16,30H,11-14H2,1H3,(H,27,29). The van der Waals surface area contributed by atoms with Crippen LogP contribution in [-0.2, 0) is 14.8 Å². The van der Waals surface area contributed by atoms with Gasteiger partial charge in [-0.1, -0.05) is 48.0 Å². The highest BCUT2D eigenvalue weighted by Gasteiger charge is 2.19. The van der Waals surface area contributed by atoms with Crippen LogP contribution in [0.5, 0.6) is 0 Å². The Morgan fingerprint density at radius 2 is 1.71 bits per heavy atom. The second kappa shape index (κ2) is 9.69. The van der Waals surface area contributed by atoms with Crippen LogP contribution in [0.25, 0.3) is 22.0 Å². The summed E-state index contributed by atoms with van der Waals surface area (Å²) in [6.07, 6.45) is 1.15. The fraction of sp³-hybridized carbons (Fsp3) is 0.200. The summed E-state index contributed by atoms with van der Waals surface area (Å²) >= 11 is 6.13. The summed E-state index contributed by atoms with van der Waals surface area (Å²) in [6, 6.07) is 20.9. The fourth-order valence-corrected chi connectivity index (χ4v) is 4.91. The van der Waals surface area contributed by atoms with Crippen molar-refractivity contribution in [3.8, 4) is 11.3 Å². The Morgan fingerprint density at radius 3 is 2.46 bits per heavy atom. The summed E-state index contributed by atoms with van der Waals surface area (Å²) < 4.78 is 32.4. The molecular formula is C25H24ClN5O3S. The van der Waals surface area contributed by atoms with E-state index in [1.54, 1.807) is 0 Å². The summed E-state index contributed by atoms with van der Waals surface area (Å²) in [4.78, 5) is 2.11. The van der Waals surface area contributed by atoms with Crippen LogP contribution in [-0.4, -0.2) is 51.2 Å². The van der Waals surface area contributed by atoms with Gasteiger partial charge in [0.05, 0.1) is 30.8 Å². The van der Waals surface area contributed by atoms with Gasteiger partial charge >= 0.3 is 0 Å². The molecule has 0 spiro atoms. The molecule has 0 unspecified atom stereocenters. The van der Waals surface area contributed by atoms with Crippen LogP contribution in [0, 0.1) is 0 Å². The molecule has 2 N–H and O–H groups in total. The van der Waals surface area contributed by atoms with Gasteiger partial charge in [-0.3, -0.25) is 4.72 Å². The van der Waals surface area contributed by atoms with Gasteiger partial charge in [-0.05, 0) is 30.3 Å². The lowest BCUT2D eigenvalue weighted by Gasteiger charge is -2.30. The number of sulfonamides is 1. The minimum Gasteiger partial charge on any atom is -0.378 e. The first-order valence-electron chi connectivity index (χ1n) is 11.1. The van der Waals surface area contributed by atoms with Crippen molar-refractivity contribution in [1.29, 1.82) is 0 Å². The van der Waals surface area contributed by atoms with Crippen LogP contribution < -0.4 is 14.9 Å². The average Bonchev–Trinajstić information content (AvgIpc) is 2.84. The lowest BCUT2D eigenvalue weighted by Crippen LogP contribution is -2.36. The number of nitrogens with zero attached hydrogens (tertiary/aromatic N) is 3. The van der Waals surface area contributed by atoms with E-state index in [-0.39, 0.29) is 0 Å². The fourth-order valence-electron chi connectivity index (χ4n) is 4.16. The lowest BCUT2D eigenvalue weighted by atomic mass is 10.0. The van der Waals surface area contributed by atoms with Gasteiger partial charge in [0, 0.05) is 40.1 Å². The number of benzene rings is 3. The van der Waals surface area contributed by atoms with Crippen molar-refractivity contribution in [2.45, 2.75) is 0 Å². The summed E-state index contributed by atoms with van der Waals surface area (Å²) in [5.41, 5.74) is 3.52. The minimum atomic E-state index is -3.49. The van der Waals surface area contributed by atoms with Crippen molar-refractivity contribution in [2.75, 3.05) is 47.5 Å². The number of fused-ring (bicyclic) bond motifs is 1. The molecule has 1 aliphatic heterocycles. The molecule has 0 aliphatic carbocycles. The van der Waals surface area contributed by atoms with Crippen molar-refractivity contribution >= 4 is 55.3 Å². The highest BCUT2D eigenvalue weighted by atomic mass is 35.5. The molecule has 180 valence electrons. The topological polar surface area (TPSA) is 96.5 Å². The normalized spacial score (nSPS) is 14.2. The summed E-state index contributed by atoms with van der Waals surface area (Å²) in [5.74, 6) is 0.603. The number of aromatic nitrogens is 2. The Balaban J connectivity index is 1.58. The smallest absolute Gasteiger partial charge is 0.229 e. The number of morpholine rings is 1. The maximum Gasteiger partial charge on any atom is 0.229 e. The second-order valence-corrected chi connectivity index (χ2v) is 10.5. The van der Waals surface area contributed by atoms with E-state index in [1.807, 2.05) is 66.7 Å². The van der Waals surface area contributed by atoms with E-state index in [9.17, 15) is 8.42 Å². The Labute approximate surface area is 208 Å². The van der Waals surface area contributed by atoms with E-state index < -0.39 is 10.0 Å². The Kier molecular flexibility index (Phi) is 6.46. The van der Waals surface area contributed by atoms with Gasteiger partial charge in [0.2, 0.25) is 10.0 Å². The Hall–Kier alpha value is -3.40. The number of halogens is 1. The van der Waals surface area contributed by atoms with Gasteiger partial charge in [-0.25, -0.2) is 8.42 Å². The maximum absolute atomic E-state index is 12.1. The molecule has 1 saturated heterocycles. The quantitative estimate of drug-likeness (QED) is 0.381. The third-order valence-electron chi connectivity index (χ3n) is 5.69. The first-order valence-corrected chi connectivity index (χ1v) is 13.4. The van der Waals surface area contributed by atoms with Crippen LogP contribution in [0.4, 0.5) is 22.9 Å². The molecule has 0 amide bonds. The summed E-state index contributed by atoms with van der Waals surface area (Å²) in [7, 11) is -3.49. The third kappa shape index (κ3) is 5.32. The van der Waals surface area contributed by atoms with Gasteiger partial charge < -0.3 is 15.0 Å². The van der Waals surface area contributed by atoms with Gasteiger partial charge in [-0.15, -0.1) is 10.2 Å². The zero-order chi connectivity index (χ0) is 24.4. The van der Waals surface area contributed by atoms with E-state index in [1.165, 1.54) is 0 Å². The average molecular weight is 510 g/mol. The number of rotatable bonds is 6. The molecule has 0 atom stereocenters. The molecule has 5 rings (SSSR count). The van der Waals surface area contributed by atoms with Gasteiger partial charge in [0.1, 0.15) is 5.69 Å². The van der Waals surface area contributed by atoms with Crippen LogP contribution in [0.2, 0.25) is 5.02 Å². The zero-order valence-electron chi connectivity index (χ0n) is 19.0. The predicted octanol–water partition coefficient (Wildman–Crippen LogP) is 4.90. The van der Waals surface area contributed by atoms with E-state index in [4.69, 9.17) is 16.3 Å². The van der Waals surface area contributed by atoms with Crippen molar-refractivity contribution in [2.24, 2.45) is 0 Å². The number of nitrogens with one attached hydrogen (secondary N) is 2. The van der Waals surface area contributed by atoms with Crippen molar-refractivity contribution in [1.82, 2.24) is 10.2 Å². The van der Waals surface area contributed by atoms with Gasteiger partial charge in [0.15, 0.2) is 5.82 Å². The van der Waals surface area contributed by atoms with Crippen molar-refractivity contribution in [3.05, 3.63) is 71.8 Å². The molecule has 35 heavy (non-hydrogen) atoms. The van der Waals surface area contributed by atoms with E-state index >= 15 is 0 Å². The number of hydrogen-bond donors (Lipinski definition) is 2. The lowest BCUT2D eigenvalue weighted by molar-refractivity contribution is 0.123. The molecule has 4 aromatic rings. The molecular weight excluding hydrogens is 486 g/mol. The highest BCUT2D eigenvalue weighted by Crippen LogP contribution is 2.36. The maximum atomic E-state index is 12.1. The first kappa shape index (κ1) is 23.3. The highest BCUT2D eigenvalue weighted by molar-refractivity contribution is 7.92. The molecule has 0 saturated carbocycles. The van der Waals surface area contributed by atoms with Crippen LogP contribution >= 0.6 is 11.6 Å². The van der Waals surface area contributed by atoms with Crippen LogP contribution in [0.1, 0.15) is 0 Å². The third-order valence-corrected chi connectivity index (χ3v) is 6.52. The van der Waals surface area contributed by atoms with Crippen molar-refractivity contribution in [3.63, 3.8) is 0 Å². The number of hydrogen-bond acceptors (Lipinski definition) is 7. The molecule has 3 aromatic carbocycles. The van der Waals surface area contributed by atoms with Gasteiger partial charge in [-0.2, -0.15) is 0 Å². The molecule has 8 nitrogen and oxygen atoms in total. The van der Waals surface area contributed by atoms with E-state index in [0.29, 0.717) is 48.5 Å². The first-order chi connectivity index (χ1) is 16.9. The molecule has 0 radical (unpaired) electrons. The summed E-state index contributed by atoms with van der Waals surface area (Å²) in [6.45, 7) is 2.56. The molecule has 10 heteroatoms. The SMILES string of the molecule is CS(=O)(=O)Nc1cc(-c2nnc(Nc3cccc(Cl)c3)c3ccccc23)ccc1N1CCOCC1. The minimum absolute atomic E-state index is 0.499.